The maximum Gasteiger partial charge on any atom is 0.336 e. The molecule has 4 aromatic rings. The lowest BCUT2D eigenvalue weighted by Gasteiger charge is -2.22. The van der Waals surface area contributed by atoms with Gasteiger partial charge in [0.2, 0.25) is 5.75 Å². The number of hydrogen-bond donors (Lipinski definition) is 2. The highest BCUT2D eigenvalue weighted by Gasteiger charge is 2.26. The summed E-state index contributed by atoms with van der Waals surface area (Å²) in [5, 5.41) is 20.5. The number of phenolic OH excluding ortho intramolecular Hbond substituents is 2. The van der Waals surface area contributed by atoms with Crippen LogP contribution < -0.4 is 15.4 Å². The molecule has 0 bridgehead atoms. The lowest BCUT2D eigenvalue weighted by Crippen LogP contribution is -2.30. The number of aromatic hydroxyl groups is 2. The van der Waals surface area contributed by atoms with Gasteiger partial charge in [-0.05, 0) is 42.3 Å². The van der Waals surface area contributed by atoms with Crippen molar-refractivity contribution in [1.29, 1.82) is 0 Å². The van der Waals surface area contributed by atoms with Crippen LogP contribution >= 0.6 is 0 Å². The van der Waals surface area contributed by atoms with Gasteiger partial charge in [0.15, 0.2) is 11.3 Å². The molecule has 0 fully saturated rings. The number of nitrogens with zero attached hydrogens (tertiary/aromatic N) is 2. The lowest BCUT2D eigenvalue weighted by molar-refractivity contribution is 0.397. The summed E-state index contributed by atoms with van der Waals surface area (Å²) in [6.45, 7) is 4.00. The quantitative estimate of drug-likeness (QED) is 0.378. The molecule has 0 atom stereocenters. The van der Waals surface area contributed by atoms with Gasteiger partial charge in [0, 0.05) is 24.5 Å². The SMILES string of the molecule is Cc1cccc(CN2CN(Cc3cc(=O)oc4c(O)c(O)ccc34)c3ccccc32)c1. The normalized spacial score (nSPS) is 13.1. The molecular weight excluding hydrogens is 392 g/mol. The Labute approximate surface area is 179 Å². The van der Waals surface area contributed by atoms with Crippen molar-refractivity contribution in [3.8, 4) is 11.5 Å². The molecule has 0 spiro atoms. The van der Waals surface area contributed by atoms with Gasteiger partial charge in [-0.25, -0.2) is 4.79 Å². The highest BCUT2D eigenvalue weighted by atomic mass is 16.4. The Balaban J connectivity index is 1.51. The Bertz CT molecular complexity index is 1350. The third-order valence-corrected chi connectivity index (χ3v) is 5.67. The van der Waals surface area contributed by atoms with E-state index in [1.54, 1.807) is 6.07 Å². The number of anilines is 2. The number of phenols is 2. The van der Waals surface area contributed by atoms with E-state index in [-0.39, 0.29) is 11.3 Å². The molecule has 31 heavy (non-hydrogen) atoms. The van der Waals surface area contributed by atoms with Crippen LogP contribution in [0, 0.1) is 6.92 Å². The molecule has 0 saturated carbocycles. The number of benzene rings is 3. The van der Waals surface area contributed by atoms with E-state index in [1.165, 1.54) is 23.3 Å². The van der Waals surface area contributed by atoms with Crippen LogP contribution in [0.1, 0.15) is 16.7 Å². The van der Waals surface area contributed by atoms with Crippen LogP contribution in [-0.4, -0.2) is 16.9 Å². The maximum atomic E-state index is 12.1. The fourth-order valence-electron chi connectivity index (χ4n) is 4.26. The van der Waals surface area contributed by atoms with Crippen LogP contribution in [0.4, 0.5) is 11.4 Å². The molecule has 2 N–H and O–H groups in total. The van der Waals surface area contributed by atoms with Gasteiger partial charge in [0.25, 0.3) is 0 Å². The molecule has 5 rings (SSSR count). The average molecular weight is 414 g/mol. The van der Waals surface area contributed by atoms with E-state index < -0.39 is 11.4 Å². The lowest BCUT2D eigenvalue weighted by atomic mass is 10.1. The van der Waals surface area contributed by atoms with Crippen LogP contribution in [0.3, 0.4) is 0 Å². The predicted molar refractivity (Wildman–Crippen MR) is 121 cm³/mol. The van der Waals surface area contributed by atoms with Gasteiger partial charge in [-0.2, -0.15) is 0 Å². The van der Waals surface area contributed by atoms with Crippen LogP contribution in [0.15, 0.2) is 75.9 Å². The molecule has 1 aliphatic rings. The Morgan fingerprint density at radius 2 is 1.65 bits per heavy atom. The molecule has 6 heteroatoms. The minimum Gasteiger partial charge on any atom is -0.504 e. The van der Waals surface area contributed by atoms with Crippen LogP contribution in [-0.2, 0) is 13.1 Å². The summed E-state index contributed by atoms with van der Waals surface area (Å²) in [6.07, 6.45) is 0. The highest BCUT2D eigenvalue weighted by Crippen LogP contribution is 2.39. The molecule has 0 aliphatic carbocycles. The number of rotatable bonds is 4. The second-order valence-electron chi connectivity index (χ2n) is 7.92. The van der Waals surface area contributed by atoms with Crippen LogP contribution in [0.25, 0.3) is 11.0 Å². The maximum absolute atomic E-state index is 12.1. The molecule has 6 nitrogen and oxygen atoms in total. The number of hydrogen-bond acceptors (Lipinski definition) is 6. The molecule has 156 valence electrons. The van der Waals surface area contributed by atoms with Gasteiger partial charge in [-0.3, -0.25) is 0 Å². The predicted octanol–water partition coefficient (Wildman–Crippen LogP) is 4.50. The number of fused-ring (bicyclic) bond motifs is 2. The van der Waals surface area contributed by atoms with Gasteiger partial charge < -0.3 is 24.4 Å². The minimum atomic E-state index is -0.563. The van der Waals surface area contributed by atoms with E-state index in [0.29, 0.717) is 18.6 Å². The van der Waals surface area contributed by atoms with Gasteiger partial charge in [-0.1, -0.05) is 42.0 Å². The Morgan fingerprint density at radius 3 is 2.39 bits per heavy atom. The average Bonchev–Trinajstić information content (AvgIpc) is 3.08. The monoisotopic (exact) mass is 414 g/mol. The molecule has 3 aromatic carbocycles. The van der Waals surface area contributed by atoms with Crippen molar-refractivity contribution in [2.75, 3.05) is 16.5 Å². The minimum absolute atomic E-state index is 0.00611. The van der Waals surface area contributed by atoms with Gasteiger partial charge in [0.05, 0.1) is 18.0 Å². The van der Waals surface area contributed by atoms with Crippen molar-refractivity contribution in [2.24, 2.45) is 0 Å². The Morgan fingerprint density at radius 1 is 0.903 bits per heavy atom. The first-order valence-corrected chi connectivity index (χ1v) is 10.1. The van der Waals surface area contributed by atoms with E-state index in [2.05, 4.69) is 53.1 Å². The Hall–Kier alpha value is -3.93. The molecule has 0 amide bonds. The third kappa shape index (κ3) is 3.46. The van der Waals surface area contributed by atoms with Crippen molar-refractivity contribution in [1.82, 2.24) is 0 Å². The molecule has 2 heterocycles. The van der Waals surface area contributed by atoms with E-state index in [4.69, 9.17) is 4.42 Å². The zero-order valence-corrected chi connectivity index (χ0v) is 17.1. The molecule has 1 aromatic heterocycles. The van der Waals surface area contributed by atoms with Crippen LogP contribution in [0.2, 0.25) is 0 Å². The molecule has 0 radical (unpaired) electrons. The van der Waals surface area contributed by atoms with Gasteiger partial charge in [-0.15, -0.1) is 0 Å². The van der Waals surface area contributed by atoms with Crippen molar-refractivity contribution in [3.05, 3.63) is 93.8 Å². The summed E-state index contributed by atoms with van der Waals surface area (Å²) in [5.41, 5.74) is 4.86. The summed E-state index contributed by atoms with van der Waals surface area (Å²) in [5.74, 6) is -0.733. The van der Waals surface area contributed by atoms with E-state index in [1.807, 2.05) is 12.1 Å². The van der Waals surface area contributed by atoms with Gasteiger partial charge in [0.1, 0.15) is 0 Å². The summed E-state index contributed by atoms with van der Waals surface area (Å²) in [7, 11) is 0. The highest BCUT2D eigenvalue weighted by molar-refractivity contribution is 5.88. The zero-order chi connectivity index (χ0) is 21.5. The summed E-state index contributed by atoms with van der Waals surface area (Å²) in [4.78, 5) is 16.6. The third-order valence-electron chi connectivity index (χ3n) is 5.67. The fraction of sp³-hybridized carbons (Fsp3) is 0.160. The molecular formula is C25H22N2O4. The van der Waals surface area contributed by atoms with Crippen LogP contribution in [0.5, 0.6) is 11.5 Å². The van der Waals surface area contributed by atoms with Crippen molar-refractivity contribution in [3.63, 3.8) is 0 Å². The van der Waals surface area contributed by atoms with E-state index in [9.17, 15) is 15.0 Å². The zero-order valence-electron chi connectivity index (χ0n) is 17.1. The molecule has 0 unspecified atom stereocenters. The van der Waals surface area contributed by atoms with E-state index in [0.717, 1.165) is 23.5 Å². The first kappa shape index (κ1) is 19.1. The standard InChI is InChI=1S/C25H22N2O4/c1-16-5-4-6-17(11-16)13-26-15-27(21-8-3-2-7-20(21)26)14-18-12-23(29)31-25-19(18)9-10-22(28)24(25)30/h2-12,28,30H,13-15H2,1H3. The first-order valence-electron chi connectivity index (χ1n) is 10.1. The van der Waals surface area contributed by atoms with Crippen molar-refractivity contribution in [2.45, 2.75) is 20.0 Å². The topological polar surface area (TPSA) is 77.2 Å². The number of para-hydroxylation sites is 2. The molecule has 0 saturated heterocycles. The molecule has 1 aliphatic heterocycles. The largest absolute Gasteiger partial charge is 0.504 e. The fourth-order valence-corrected chi connectivity index (χ4v) is 4.26. The second-order valence-corrected chi connectivity index (χ2v) is 7.92. The summed E-state index contributed by atoms with van der Waals surface area (Å²) >= 11 is 0. The second kappa shape index (κ2) is 7.40. The Kier molecular flexibility index (Phi) is 4.55. The van der Waals surface area contributed by atoms with Gasteiger partial charge >= 0.3 is 5.63 Å². The first-order chi connectivity index (χ1) is 15.0. The summed E-state index contributed by atoms with van der Waals surface area (Å²) < 4.78 is 5.16. The van der Waals surface area contributed by atoms with E-state index >= 15 is 0 Å². The van der Waals surface area contributed by atoms with Crippen molar-refractivity contribution >= 4 is 22.3 Å². The smallest absolute Gasteiger partial charge is 0.336 e. The number of aryl methyl sites for hydroxylation is 1. The van der Waals surface area contributed by atoms with Crippen molar-refractivity contribution < 1.29 is 14.6 Å². The summed E-state index contributed by atoms with van der Waals surface area (Å²) in [6, 6.07) is 21.2.